The van der Waals surface area contributed by atoms with Gasteiger partial charge in [-0.05, 0) is 101 Å². The molecule has 0 unspecified atom stereocenters. The number of rotatable bonds is 8. The van der Waals surface area contributed by atoms with Crippen LogP contribution in [0.1, 0.15) is 5.56 Å². The van der Waals surface area contributed by atoms with Gasteiger partial charge in [0.05, 0.1) is 0 Å². The van der Waals surface area contributed by atoms with E-state index in [9.17, 15) is 0 Å². The van der Waals surface area contributed by atoms with Crippen molar-refractivity contribution in [2.45, 2.75) is 6.92 Å². The average Bonchev–Trinajstić information content (AvgIpc) is 3.13. The topological polar surface area (TPSA) is 6.48 Å². The first-order valence-electron chi connectivity index (χ1n) is 15.7. The highest BCUT2D eigenvalue weighted by atomic mass is 15.1. The minimum atomic E-state index is 1.11. The van der Waals surface area contributed by atoms with Gasteiger partial charge in [-0.25, -0.2) is 0 Å². The van der Waals surface area contributed by atoms with Gasteiger partial charge >= 0.3 is 0 Å². The smallest absolute Gasteiger partial charge is 0.0467 e. The first-order valence-corrected chi connectivity index (χ1v) is 15.7. The summed E-state index contributed by atoms with van der Waals surface area (Å²) in [5, 5.41) is 0. The van der Waals surface area contributed by atoms with Gasteiger partial charge < -0.3 is 9.80 Å². The first kappa shape index (κ1) is 28.9. The van der Waals surface area contributed by atoms with E-state index in [0.717, 1.165) is 22.7 Å². The van der Waals surface area contributed by atoms with Crippen molar-refractivity contribution in [1.82, 2.24) is 0 Å². The van der Waals surface area contributed by atoms with Gasteiger partial charge in [-0.1, -0.05) is 127 Å². The fourth-order valence-electron chi connectivity index (χ4n) is 5.96. The summed E-state index contributed by atoms with van der Waals surface area (Å²) in [4.78, 5) is 4.57. The zero-order valence-corrected chi connectivity index (χ0v) is 26.2. The van der Waals surface area contributed by atoms with Crippen LogP contribution >= 0.6 is 0 Å². The fraction of sp³-hybridized carbons (Fsp3) is 0.0455. The molecule has 0 radical (unpaired) electrons. The third kappa shape index (κ3) is 6.20. The number of nitrogens with zero attached hydrogens (tertiary/aromatic N) is 2. The van der Waals surface area contributed by atoms with Crippen molar-refractivity contribution in [3.05, 3.63) is 188 Å². The Bertz CT molecular complexity index is 1950. The lowest BCUT2D eigenvalue weighted by atomic mass is 10.0. The second-order valence-corrected chi connectivity index (χ2v) is 11.7. The molecule has 222 valence electrons. The van der Waals surface area contributed by atoms with Crippen LogP contribution in [0.3, 0.4) is 0 Å². The molecule has 0 amide bonds. The molecule has 0 saturated carbocycles. The largest absolute Gasteiger partial charge is 0.345 e. The van der Waals surface area contributed by atoms with E-state index in [1.165, 1.54) is 44.6 Å². The van der Waals surface area contributed by atoms with Gasteiger partial charge in [0.2, 0.25) is 0 Å². The number of hydrogen-bond donors (Lipinski definition) is 0. The zero-order valence-electron chi connectivity index (χ0n) is 26.2. The summed E-state index contributed by atoms with van der Waals surface area (Å²) < 4.78 is 0. The lowest BCUT2D eigenvalue weighted by Gasteiger charge is -2.27. The number of aryl methyl sites for hydroxylation is 1. The van der Waals surface area contributed by atoms with Gasteiger partial charge in [-0.2, -0.15) is 0 Å². The highest BCUT2D eigenvalue weighted by molar-refractivity contribution is 5.83. The first-order chi connectivity index (χ1) is 22.6. The van der Waals surface area contributed by atoms with Crippen LogP contribution in [0.5, 0.6) is 0 Å². The minimum Gasteiger partial charge on any atom is -0.345 e. The van der Waals surface area contributed by atoms with Crippen LogP contribution in [0.15, 0.2) is 182 Å². The van der Waals surface area contributed by atoms with Crippen molar-refractivity contribution >= 4 is 28.4 Å². The molecule has 46 heavy (non-hydrogen) atoms. The molecular weight excluding hydrogens is 556 g/mol. The average molecular weight is 593 g/mol. The van der Waals surface area contributed by atoms with E-state index < -0.39 is 0 Å². The molecule has 2 heteroatoms. The Kier molecular flexibility index (Phi) is 8.17. The van der Waals surface area contributed by atoms with Gasteiger partial charge in [0.15, 0.2) is 0 Å². The van der Waals surface area contributed by atoms with E-state index >= 15 is 0 Å². The minimum absolute atomic E-state index is 1.11. The maximum Gasteiger partial charge on any atom is 0.0467 e. The lowest BCUT2D eigenvalue weighted by Crippen LogP contribution is -2.10. The predicted molar refractivity (Wildman–Crippen MR) is 197 cm³/mol. The molecule has 0 atom stereocenters. The Labute approximate surface area is 272 Å². The molecule has 0 aliphatic rings. The molecule has 0 aliphatic heterocycles. The fourth-order valence-corrected chi connectivity index (χ4v) is 5.96. The second kappa shape index (κ2) is 13.0. The van der Waals surface area contributed by atoms with Crippen molar-refractivity contribution in [3.8, 4) is 33.4 Å². The second-order valence-electron chi connectivity index (χ2n) is 11.7. The van der Waals surface area contributed by atoms with Crippen molar-refractivity contribution in [1.29, 1.82) is 0 Å². The summed E-state index contributed by atoms with van der Waals surface area (Å²) in [6.07, 6.45) is 0. The molecule has 0 fully saturated rings. The molecule has 0 heterocycles. The van der Waals surface area contributed by atoms with Crippen LogP contribution in [0.25, 0.3) is 33.4 Å². The summed E-state index contributed by atoms with van der Waals surface area (Å²) in [6, 6.07) is 65.1. The Hall–Kier alpha value is -5.86. The molecule has 0 spiro atoms. The molecular formula is C44H36N2. The van der Waals surface area contributed by atoms with E-state index in [1.54, 1.807) is 0 Å². The highest BCUT2D eigenvalue weighted by Crippen LogP contribution is 2.39. The van der Waals surface area contributed by atoms with Crippen molar-refractivity contribution < 1.29 is 0 Å². The van der Waals surface area contributed by atoms with Gasteiger partial charge in [-0.15, -0.1) is 0 Å². The van der Waals surface area contributed by atoms with Crippen molar-refractivity contribution in [3.63, 3.8) is 0 Å². The number of hydrogen-bond acceptors (Lipinski definition) is 2. The van der Waals surface area contributed by atoms with Crippen LogP contribution in [0.4, 0.5) is 28.4 Å². The Morgan fingerprint density at radius 2 is 0.674 bits per heavy atom. The van der Waals surface area contributed by atoms with Crippen LogP contribution < -0.4 is 9.80 Å². The summed E-state index contributed by atoms with van der Waals surface area (Å²) in [6.45, 7) is 2.12. The molecule has 0 N–H and O–H groups in total. The molecule has 0 aromatic heterocycles. The quantitative estimate of drug-likeness (QED) is 0.173. The monoisotopic (exact) mass is 592 g/mol. The van der Waals surface area contributed by atoms with E-state index in [4.69, 9.17) is 0 Å². The van der Waals surface area contributed by atoms with Crippen LogP contribution in [0.2, 0.25) is 0 Å². The Balaban J connectivity index is 1.23. The van der Waals surface area contributed by atoms with E-state index in [0.29, 0.717) is 0 Å². The van der Waals surface area contributed by atoms with Gasteiger partial charge in [0, 0.05) is 35.5 Å². The van der Waals surface area contributed by atoms with E-state index in [-0.39, 0.29) is 0 Å². The van der Waals surface area contributed by atoms with Crippen molar-refractivity contribution in [2.24, 2.45) is 0 Å². The maximum absolute atomic E-state index is 2.35. The normalized spacial score (nSPS) is 10.8. The highest BCUT2D eigenvalue weighted by Gasteiger charge is 2.15. The van der Waals surface area contributed by atoms with Crippen LogP contribution in [0, 0.1) is 6.92 Å². The molecule has 7 aromatic rings. The third-order valence-corrected chi connectivity index (χ3v) is 8.56. The molecule has 2 nitrogen and oxygen atoms in total. The SMILES string of the molecule is Cc1ccc(N(C)c2ccc(-c3ccc(N(c4cccc(-c5ccccc5)c4)c4cccc(-c5ccccc5)c4)cc3)cc2)cc1. The Morgan fingerprint density at radius 1 is 0.304 bits per heavy atom. The molecule has 0 saturated heterocycles. The third-order valence-electron chi connectivity index (χ3n) is 8.56. The molecule has 0 bridgehead atoms. The standard InChI is InChI=1S/C44H36N2/c1-33-19-25-40(26-20-33)45(2)41-27-21-36(22-28-41)37-23-29-42(30-24-37)46(43-17-9-15-38(31-43)34-11-5-3-6-12-34)44-18-10-16-39(32-44)35-13-7-4-8-14-35/h3-32H,1-2H3. The zero-order chi connectivity index (χ0) is 31.3. The summed E-state index contributed by atoms with van der Waals surface area (Å²) in [5.74, 6) is 0. The summed E-state index contributed by atoms with van der Waals surface area (Å²) in [7, 11) is 2.11. The van der Waals surface area contributed by atoms with Crippen molar-refractivity contribution in [2.75, 3.05) is 16.8 Å². The van der Waals surface area contributed by atoms with E-state index in [1.807, 2.05) is 0 Å². The number of anilines is 5. The summed E-state index contributed by atoms with van der Waals surface area (Å²) >= 11 is 0. The van der Waals surface area contributed by atoms with Gasteiger partial charge in [-0.3, -0.25) is 0 Å². The van der Waals surface area contributed by atoms with Crippen LogP contribution in [-0.2, 0) is 0 Å². The maximum atomic E-state index is 2.35. The van der Waals surface area contributed by atoms with Gasteiger partial charge in [0.1, 0.15) is 0 Å². The van der Waals surface area contributed by atoms with Crippen LogP contribution in [-0.4, -0.2) is 7.05 Å². The van der Waals surface area contributed by atoms with Gasteiger partial charge in [0.25, 0.3) is 0 Å². The molecule has 7 aromatic carbocycles. The Morgan fingerprint density at radius 3 is 1.13 bits per heavy atom. The van der Waals surface area contributed by atoms with E-state index in [2.05, 4.69) is 206 Å². The lowest BCUT2D eigenvalue weighted by molar-refractivity contribution is 1.20. The summed E-state index contributed by atoms with van der Waals surface area (Å²) in [5.41, 5.74) is 14.1. The molecule has 7 rings (SSSR count). The molecule has 0 aliphatic carbocycles. The predicted octanol–water partition coefficient (Wildman–Crippen LogP) is 12.2. The number of benzene rings is 7.